The normalized spacial score (nSPS) is 10.7. The summed E-state index contributed by atoms with van der Waals surface area (Å²) >= 11 is 9.52. The molecule has 0 bridgehead atoms. The van der Waals surface area contributed by atoms with E-state index in [1.165, 1.54) is 0 Å². The number of nitrogens with one attached hydrogen (secondary N) is 1. The van der Waals surface area contributed by atoms with Crippen LogP contribution in [0.2, 0.25) is 5.02 Å². The molecule has 0 fully saturated rings. The first-order valence-corrected chi connectivity index (χ1v) is 11.0. The average Bonchev–Trinajstić information content (AvgIpc) is 2.81. The van der Waals surface area contributed by atoms with Crippen molar-refractivity contribution in [1.82, 2.24) is 10.3 Å². The summed E-state index contributed by atoms with van der Waals surface area (Å²) in [6.45, 7) is -0.143. The summed E-state index contributed by atoms with van der Waals surface area (Å²) in [5.41, 5.74) is 3.32. The summed E-state index contributed by atoms with van der Waals surface area (Å²) < 4.78 is 6.26. The number of ether oxygens (including phenoxy) is 1. The van der Waals surface area contributed by atoms with Gasteiger partial charge in [-0.1, -0.05) is 76.1 Å². The zero-order chi connectivity index (χ0) is 22.5. The van der Waals surface area contributed by atoms with Gasteiger partial charge in [0.2, 0.25) is 0 Å². The summed E-state index contributed by atoms with van der Waals surface area (Å²) in [5, 5.41) is 3.93. The minimum absolute atomic E-state index is 0.252. The van der Waals surface area contributed by atoms with Crippen molar-refractivity contribution in [3.05, 3.63) is 99.5 Å². The number of esters is 1. The van der Waals surface area contributed by atoms with E-state index in [0.29, 0.717) is 27.2 Å². The molecule has 1 N–H and O–H groups in total. The molecule has 1 aromatic heterocycles. The van der Waals surface area contributed by atoms with Crippen LogP contribution in [-0.2, 0) is 16.1 Å². The standard InChI is InChI=1S/C25H18BrClN2O3/c26-18-11-9-16(10-12-18)23-13-20(19-6-2-4-8-22(19)29-23)25(31)32-15-24(30)28-14-17-5-1-3-7-21(17)27/h1-13H,14-15H2,(H,28,30). The summed E-state index contributed by atoms with van der Waals surface area (Å²) in [6, 6.07) is 23.9. The van der Waals surface area contributed by atoms with Crippen molar-refractivity contribution >= 4 is 50.3 Å². The molecule has 0 spiro atoms. The van der Waals surface area contributed by atoms with Crippen LogP contribution in [0.25, 0.3) is 22.2 Å². The smallest absolute Gasteiger partial charge is 0.339 e. The molecule has 0 saturated carbocycles. The highest BCUT2D eigenvalue weighted by Crippen LogP contribution is 2.26. The number of hydrogen-bond donors (Lipinski definition) is 1. The van der Waals surface area contributed by atoms with E-state index in [4.69, 9.17) is 16.3 Å². The number of carbonyl (C=O) groups is 2. The Morgan fingerprint density at radius 2 is 1.69 bits per heavy atom. The first kappa shape index (κ1) is 22.0. The number of halogens is 2. The van der Waals surface area contributed by atoms with Crippen LogP contribution in [0.15, 0.2) is 83.3 Å². The first-order chi connectivity index (χ1) is 15.5. The Labute approximate surface area is 198 Å². The molecule has 0 radical (unpaired) electrons. The number of aromatic nitrogens is 1. The molecule has 0 aliphatic carbocycles. The molecule has 4 aromatic rings. The Morgan fingerprint density at radius 1 is 0.969 bits per heavy atom. The summed E-state index contributed by atoms with van der Waals surface area (Å²) in [6.07, 6.45) is 0. The molecule has 160 valence electrons. The number of benzene rings is 3. The quantitative estimate of drug-likeness (QED) is 0.334. The fraction of sp³-hybridized carbons (Fsp3) is 0.0800. The molecule has 1 amide bonds. The lowest BCUT2D eigenvalue weighted by molar-refractivity contribution is -0.124. The van der Waals surface area contributed by atoms with Crippen LogP contribution in [0.4, 0.5) is 0 Å². The third-order valence-corrected chi connectivity index (χ3v) is 5.74. The van der Waals surface area contributed by atoms with E-state index in [-0.39, 0.29) is 6.54 Å². The number of nitrogens with zero attached hydrogens (tertiary/aromatic N) is 1. The number of amides is 1. The van der Waals surface area contributed by atoms with Crippen molar-refractivity contribution in [2.75, 3.05) is 6.61 Å². The Balaban J connectivity index is 1.50. The maximum Gasteiger partial charge on any atom is 0.339 e. The van der Waals surface area contributed by atoms with Gasteiger partial charge in [0.25, 0.3) is 5.91 Å². The van der Waals surface area contributed by atoms with Crippen LogP contribution >= 0.6 is 27.5 Å². The monoisotopic (exact) mass is 508 g/mol. The predicted molar refractivity (Wildman–Crippen MR) is 128 cm³/mol. The van der Waals surface area contributed by atoms with Crippen LogP contribution in [0, 0.1) is 0 Å². The minimum atomic E-state index is -0.588. The van der Waals surface area contributed by atoms with Crippen LogP contribution < -0.4 is 5.32 Å². The lowest BCUT2D eigenvalue weighted by Crippen LogP contribution is -2.28. The number of para-hydroxylation sites is 1. The van der Waals surface area contributed by atoms with E-state index in [1.54, 1.807) is 12.1 Å². The number of fused-ring (bicyclic) bond motifs is 1. The van der Waals surface area contributed by atoms with Gasteiger partial charge in [-0.3, -0.25) is 4.79 Å². The molecular formula is C25H18BrClN2O3. The molecule has 0 aliphatic heterocycles. The van der Waals surface area contributed by atoms with E-state index >= 15 is 0 Å². The number of pyridine rings is 1. The molecular weight excluding hydrogens is 492 g/mol. The maximum atomic E-state index is 12.9. The molecule has 0 unspecified atom stereocenters. The number of rotatable bonds is 6. The van der Waals surface area contributed by atoms with Gasteiger partial charge < -0.3 is 10.1 Å². The third kappa shape index (κ3) is 5.15. The molecule has 0 saturated heterocycles. The second-order valence-corrected chi connectivity index (χ2v) is 8.35. The SMILES string of the molecule is O=C(COC(=O)c1cc(-c2ccc(Br)cc2)nc2ccccc12)NCc1ccccc1Cl. The fourth-order valence-corrected chi connectivity index (χ4v) is 3.68. The Morgan fingerprint density at radius 3 is 2.47 bits per heavy atom. The van der Waals surface area contributed by atoms with E-state index < -0.39 is 18.5 Å². The molecule has 32 heavy (non-hydrogen) atoms. The highest BCUT2D eigenvalue weighted by Gasteiger charge is 2.16. The Hall–Kier alpha value is -3.22. The van der Waals surface area contributed by atoms with Crippen LogP contribution in [0.3, 0.4) is 0 Å². The van der Waals surface area contributed by atoms with Gasteiger partial charge in [-0.05, 0) is 35.9 Å². The number of carbonyl (C=O) groups excluding carboxylic acids is 2. The zero-order valence-electron chi connectivity index (χ0n) is 16.8. The highest BCUT2D eigenvalue weighted by molar-refractivity contribution is 9.10. The van der Waals surface area contributed by atoms with Gasteiger partial charge in [0.1, 0.15) is 0 Å². The van der Waals surface area contributed by atoms with Gasteiger partial charge >= 0.3 is 5.97 Å². The molecule has 0 atom stereocenters. The zero-order valence-corrected chi connectivity index (χ0v) is 19.2. The maximum absolute atomic E-state index is 12.9. The van der Waals surface area contributed by atoms with E-state index in [1.807, 2.05) is 66.7 Å². The summed E-state index contributed by atoms with van der Waals surface area (Å²) in [4.78, 5) is 29.7. The highest BCUT2D eigenvalue weighted by atomic mass is 79.9. The van der Waals surface area contributed by atoms with Crippen molar-refractivity contribution in [2.45, 2.75) is 6.54 Å². The van der Waals surface area contributed by atoms with Crippen molar-refractivity contribution in [1.29, 1.82) is 0 Å². The van der Waals surface area contributed by atoms with Gasteiger partial charge in [0, 0.05) is 27.0 Å². The van der Waals surface area contributed by atoms with Gasteiger partial charge in [0.15, 0.2) is 6.61 Å². The largest absolute Gasteiger partial charge is 0.452 e. The summed E-state index contributed by atoms with van der Waals surface area (Å²) in [7, 11) is 0. The first-order valence-electron chi connectivity index (χ1n) is 9.84. The van der Waals surface area contributed by atoms with Crippen LogP contribution in [0.5, 0.6) is 0 Å². The van der Waals surface area contributed by atoms with Crippen molar-refractivity contribution in [3.8, 4) is 11.3 Å². The average molecular weight is 510 g/mol. The van der Waals surface area contributed by atoms with Gasteiger partial charge in [-0.25, -0.2) is 9.78 Å². The van der Waals surface area contributed by atoms with Crippen molar-refractivity contribution in [3.63, 3.8) is 0 Å². The molecule has 0 aliphatic rings. The van der Waals surface area contributed by atoms with Crippen molar-refractivity contribution < 1.29 is 14.3 Å². The van der Waals surface area contributed by atoms with E-state index in [9.17, 15) is 9.59 Å². The third-order valence-electron chi connectivity index (χ3n) is 4.84. The lowest BCUT2D eigenvalue weighted by Gasteiger charge is -2.11. The van der Waals surface area contributed by atoms with Gasteiger partial charge in [0.05, 0.1) is 16.8 Å². The minimum Gasteiger partial charge on any atom is -0.452 e. The van der Waals surface area contributed by atoms with E-state index in [0.717, 1.165) is 15.6 Å². The van der Waals surface area contributed by atoms with Gasteiger partial charge in [-0.15, -0.1) is 0 Å². The Kier molecular flexibility index (Phi) is 6.83. The summed E-state index contributed by atoms with van der Waals surface area (Å²) in [5.74, 6) is -1.00. The predicted octanol–water partition coefficient (Wildman–Crippen LogP) is 5.79. The van der Waals surface area contributed by atoms with Gasteiger partial charge in [-0.2, -0.15) is 0 Å². The van der Waals surface area contributed by atoms with Crippen molar-refractivity contribution in [2.24, 2.45) is 0 Å². The fourth-order valence-electron chi connectivity index (χ4n) is 3.21. The topological polar surface area (TPSA) is 68.3 Å². The molecule has 4 rings (SSSR count). The van der Waals surface area contributed by atoms with Crippen LogP contribution in [0.1, 0.15) is 15.9 Å². The second kappa shape index (κ2) is 9.94. The molecule has 3 aromatic carbocycles. The second-order valence-electron chi connectivity index (χ2n) is 7.02. The molecule has 5 nitrogen and oxygen atoms in total. The van der Waals surface area contributed by atoms with Crippen LogP contribution in [-0.4, -0.2) is 23.5 Å². The number of hydrogen-bond acceptors (Lipinski definition) is 4. The van der Waals surface area contributed by atoms with E-state index in [2.05, 4.69) is 26.2 Å². The lowest BCUT2D eigenvalue weighted by atomic mass is 10.0. The molecule has 1 heterocycles. The molecule has 7 heteroatoms. The Bertz CT molecular complexity index is 1290.